The Balaban J connectivity index is 1.82. The molecule has 1 saturated heterocycles. The molecule has 5 heteroatoms. The number of hydrogen-bond acceptors (Lipinski definition) is 3. The van der Waals surface area contributed by atoms with Crippen LogP contribution in [0, 0.1) is 0 Å². The molecule has 1 aliphatic heterocycles. The molecule has 0 spiro atoms. The summed E-state index contributed by atoms with van der Waals surface area (Å²) in [6.07, 6.45) is 0. The Kier molecular flexibility index (Phi) is 5.00. The molecular weight excluding hydrogens is 334 g/mol. The molecule has 0 unspecified atom stereocenters. The summed E-state index contributed by atoms with van der Waals surface area (Å²) in [7, 11) is -3.43. The van der Waals surface area contributed by atoms with E-state index in [0.29, 0.717) is 31.2 Å². The van der Waals surface area contributed by atoms with Crippen LogP contribution in [-0.2, 0) is 20.2 Å². The van der Waals surface area contributed by atoms with Gasteiger partial charge >= 0.3 is 0 Å². The van der Waals surface area contributed by atoms with E-state index in [4.69, 9.17) is 4.74 Å². The average molecular weight is 359 g/mol. The van der Waals surface area contributed by atoms with E-state index in [1.807, 2.05) is 12.1 Å². The summed E-state index contributed by atoms with van der Waals surface area (Å²) < 4.78 is 32.0. The first kappa shape index (κ1) is 18.1. The highest BCUT2D eigenvalue weighted by atomic mass is 32.2. The Labute approximate surface area is 150 Å². The van der Waals surface area contributed by atoms with Crippen molar-refractivity contribution in [2.45, 2.75) is 31.1 Å². The highest BCUT2D eigenvalue weighted by Crippen LogP contribution is 2.27. The Hall–Kier alpha value is -1.69. The standard InChI is InChI=1S/C20H25NO3S/c1-20(2,3)18-8-4-16(5-9-18)17-6-10-19(11-7-17)25(22,23)21-12-14-24-15-13-21/h4-11H,12-15H2,1-3H3. The van der Waals surface area contributed by atoms with Crippen LogP contribution in [0.2, 0.25) is 0 Å². The van der Waals surface area contributed by atoms with Crippen LogP contribution in [0.15, 0.2) is 53.4 Å². The zero-order valence-electron chi connectivity index (χ0n) is 15.0. The largest absolute Gasteiger partial charge is 0.379 e. The third-order valence-electron chi connectivity index (χ3n) is 4.55. The second kappa shape index (κ2) is 6.90. The summed E-state index contributed by atoms with van der Waals surface area (Å²) >= 11 is 0. The number of morpholine rings is 1. The number of benzene rings is 2. The van der Waals surface area contributed by atoms with Gasteiger partial charge in [0.1, 0.15) is 0 Å². The molecule has 0 aliphatic carbocycles. The van der Waals surface area contributed by atoms with Crippen LogP contribution in [0.25, 0.3) is 11.1 Å². The second-order valence-corrected chi connectivity index (χ2v) is 9.31. The molecule has 1 aliphatic rings. The van der Waals surface area contributed by atoms with Crippen LogP contribution in [0.5, 0.6) is 0 Å². The van der Waals surface area contributed by atoms with Crippen molar-refractivity contribution < 1.29 is 13.2 Å². The Morgan fingerprint density at radius 1 is 0.840 bits per heavy atom. The van der Waals surface area contributed by atoms with E-state index in [-0.39, 0.29) is 5.41 Å². The number of rotatable bonds is 3. The van der Waals surface area contributed by atoms with Crippen LogP contribution in [-0.4, -0.2) is 39.0 Å². The SMILES string of the molecule is CC(C)(C)c1ccc(-c2ccc(S(=O)(=O)N3CCOCC3)cc2)cc1. The van der Waals surface area contributed by atoms with Gasteiger partial charge in [-0.25, -0.2) is 8.42 Å². The molecule has 2 aromatic carbocycles. The lowest BCUT2D eigenvalue weighted by Crippen LogP contribution is -2.40. The molecule has 1 fully saturated rings. The number of sulfonamides is 1. The number of ether oxygens (including phenoxy) is 1. The molecule has 25 heavy (non-hydrogen) atoms. The van der Waals surface area contributed by atoms with Gasteiger partial charge in [0, 0.05) is 13.1 Å². The zero-order chi connectivity index (χ0) is 18.1. The van der Waals surface area contributed by atoms with Gasteiger partial charge in [0.25, 0.3) is 0 Å². The highest BCUT2D eigenvalue weighted by molar-refractivity contribution is 7.89. The first-order chi connectivity index (χ1) is 11.8. The van der Waals surface area contributed by atoms with Crippen LogP contribution in [0.3, 0.4) is 0 Å². The lowest BCUT2D eigenvalue weighted by atomic mass is 9.86. The quantitative estimate of drug-likeness (QED) is 0.840. The van der Waals surface area contributed by atoms with Gasteiger partial charge in [-0.15, -0.1) is 0 Å². The minimum Gasteiger partial charge on any atom is -0.379 e. The molecule has 0 aromatic heterocycles. The topological polar surface area (TPSA) is 46.6 Å². The van der Waals surface area contributed by atoms with E-state index in [1.54, 1.807) is 12.1 Å². The summed E-state index contributed by atoms with van der Waals surface area (Å²) in [5, 5.41) is 0. The van der Waals surface area contributed by atoms with Crippen molar-refractivity contribution in [3.63, 3.8) is 0 Å². The molecule has 4 nitrogen and oxygen atoms in total. The third-order valence-corrected chi connectivity index (χ3v) is 6.46. The third kappa shape index (κ3) is 3.94. The van der Waals surface area contributed by atoms with Crippen LogP contribution in [0.1, 0.15) is 26.3 Å². The monoisotopic (exact) mass is 359 g/mol. The summed E-state index contributed by atoms with van der Waals surface area (Å²) in [6, 6.07) is 15.6. The maximum Gasteiger partial charge on any atom is 0.243 e. The smallest absolute Gasteiger partial charge is 0.243 e. The van der Waals surface area contributed by atoms with E-state index in [1.165, 1.54) is 9.87 Å². The molecule has 1 heterocycles. The van der Waals surface area contributed by atoms with E-state index < -0.39 is 10.0 Å². The summed E-state index contributed by atoms with van der Waals surface area (Å²) in [5.41, 5.74) is 3.50. The van der Waals surface area contributed by atoms with Gasteiger partial charge in [-0.05, 0) is 34.2 Å². The molecule has 0 atom stereocenters. The van der Waals surface area contributed by atoms with Crippen LogP contribution in [0.4, 0.5) is 0 Å². The van der Waals surface area contributed by atoms with Gasteiger partial charge in [0.2, 0.25) is 10.0 Å². The van der Waals surface area contributed by atoms with Crippen LogP contribution >= 0.6 is 0 Å². The maximum atomic E-state index is 12.7. The fraction of sp³-hybridized carbons (Fsp3) is 0.400. The van der Waals surface area contributed by atoms with Crippen molar-refractivity contribution in [3.8, 4) is 11.1 Å². The summed E-state index contributed by atoms with van der Waals surface area (Å²) in [6.45, 7) is 8.31. The minimum absolute atomic E-state index is 0.120. The Morgan fingerprint density at radius 3 is 1.80 bits per heavy atom. The van der Waals surface area contributed by atoms with Crippen molar-refractivity contribution in [3.05, 3.63) is 54.1 Å². The van der Waals surface area contributed by atoms with Gasteiger partial charge in [-0.2, -0.15) is 4.31 Å². The molecule has 2 aromatic rings. The number of hydrogen-bond donors (Lipinski definition) is 0. The van der Waals surface area contributed by atoms with E-state index in [0.717, 1.165) is 11.1 Å². The molecule has 0 radical (unpaired) electrons. The predicted molar refractivity (Wildman–Crippen MR) is 100 cm³/mol. The van der Waals surface area contributed by atoms with Gasteiger partial charge in [-0.1, -0.05) is 57.2 Å². The summed E-state index contributed by atoms with van der Waals surface area (Å²) in [5.74, 6) is 0. The molecule has 134 valence electrons. The normalized spacial score (nSPS) is 16.8. The van der Waals surface area contributed by atoms with Crippen molar-refractivity contribution in [2.75, 3.05) is 26.3 Å². The molecule has 0 saturated carbocycles. The zero-order valence-corrected chi connectivity index (χ0v) is 15.8. The van der Waals surface area contributed by atoms with Gasteiger partial charge in [0.15, 0.2) is 0 Å². The van der Waals surface area contributed by atoms with E-state index >= 15 is 0 Å². The molecule has 0 amide bonds. The maximum absolute atomic E-state index is 12.7. The molecule has 3 rings (SSSR count). The number of nitrogens with zero attached hydrogens (tertiary/aromatic N) is 1. The summed E-state index contributed by atoms with van der Waals surface area (Å²) in [4.78, 5) is 0.337. The lowest BCUT2D eigenvalue weighted by Gasteiger charge is -2.26. The highest BCUT2D eigenvalue weighted by Gasteiger charge is 2.26. The lowest BCUT2D eigenvalue weighted by molar-refractivity contribution is 0.0730. The molecule has 0 bridgehead atoms. The fourth-order valence-electron chi connectivity index (χ4n) is 2.92. The first-order valence-corrected chi connectivity index (χ1v) is 10.0. The van der Waals surface area contributed by atoms with Crippen molar-refractivity contribution >= 4 is 10.0 Å². The van der Waals surface area contributed by atoms with Gasteiger partial charge in [-0.3, -0.25) is 0 Å². The predicted octanol–water partition coefficient (Wildman–Crippen LogP) is 3.67. The molecule has 0 N–H and O–H groups in total. The average Bonchev–Trinajstić information content (AvgIpc) is 2.62. The van der Waals surface area contributed by atoms with Gasteiger partial charge in [0.05, 0.1) is 18.1 Å². The van der Waals surface area contributed by atoms with E-state index in [9.17, 15) is 8.42 Å². The van der Waals surface area contributed by atoms with Crippen molar-refractivity contribution in [1.29, 1.82) is 0 Å². The Morgan fingerprint density at radius 2 is 1.32 bits per heavy atom. The van der Waals surface area contributed by atoms with Crippen molar-refractivity contribution in [2.24, 2.45) is 0 Å². The second-order valence-electron chi connectivity index (χ2n) is 7.37. The molecular formula is C20H25NO3S. The first-order valence-electron chi connectivity index (χ1n) is 8.57. The van der Waals surface area contributed by atoms with Crippen molar-refractivity contribution in [1.82, 2.24) is 4.31 Å². The van der Waals surface area contributed by atoms with Crippen LogP contribution < -0.4 is 0 Å². The fourth-order valence-corrected chi connectivity index (χ4v) is 4.33. The van der Waals surface area contributed by atoms with E-state index in [2.05, 4.69) is 45.0 Å². The minimum atomic E-state index is -3.43. The van der Waals surface area contributed by atoms with Gasteiger partial charge < -0.3 is 4.74 Å². The Bertz CT molecular complexity index is 813.